The SMILES string of the molecule is CCCC=CCCCOc1ccccc1-c1ncc(CCCCCCCC)cn1. The van der Waals surface area contributed by atoms with Gasteiger partial charge in [-0.1, -0.05) is 76.7 Å². The number of ether oxygens (including phenoxy) is 1. The van der Waals surface area contributed by atoms with Crippen molar-refractivity contribution in [1.82, 2.24) is 9.97 Å². The summed E-state index contributed by atoms with van der Waals surface area (Å²) in [7, 11) is 0. The van der Waals surface area contributed by atoms with E-state index in [1.54, 1.807) is 0 Å². The number of aromatic nitrogens is 2. The van der Waals surface area contributed by atoms with E-state index in [1.807, 2.05) is 36.7 Å². The smallest absolute Gasteiger partial charge is 0.162 e. The van der Waals surface area contributed by atoms with Crippen LogP contribution in [0.1, 0.15) is 83.6 Å². The van der Waals surface area contributed by atoms with Crippen molar-refractivity contribution in [2.75, 3.05) is 6.61 Å². The standard InChI is InChI=1S/C26H38N2O/c1-3-5-7-9-11-13-17-23-21-27-26(28-22-23)24-18-14-15-19-25(24)29-20-16-12-10-8-6-4-2/h8,10,14-15,18-19,21-22H,3-7,9,11-13,16-17,20H2,1-2H3. The van der Waals surface area contributed by atoms with Crippen molar-refractivity contribution in [2.24, 2.45) is 0 Å². The lowest BCUT2D eigenvalue weighted by Crippen LogP contribution is -2.00. The van der Waals surface area contributed by atoms with Gasteiger partial charge in [-0.05, 0) is 49.8 Å². The van der Waals surface area contributed by atoms with Crippen molar-refractivity contribution in [3.8, 4) is 17.1 Å². The molecule has 2 aromatic rings. The lowest BCUT2D eigenvalue weighted by atomic mass is 10.1. The molecule has 158 valence electrons. The number of hydrogen-bond acceptors (Lipinski definition) is 3. The summed E-state index contributed by atoms with van der Waals surface area (Å²) in [4.78, 5) is 9.23. The molecule has 0 aliphatic carbocycles. The summed E-state index contributed by atoms with van der Waals surface area (Å²) in [6.45, 7) is 5.17. The normalized spacial score (nSPS) is 11.2. The first-order valence-electron chi connectivity index (χ1n) is 11.5. The first-order chi connectivity index (χ1) is 14.3. The molecule has 0 fully saturated rings. The van der Waals surface area contributed by atoms with Crippen LogP contribution in [0.25, 0.3) is 11.4 Å². The van der Waals surface area contributed by atoms with E-state index in [0.29, 0.717) is 6.61 Å². The van der Waals surface area contributed by atoms with E-state index in [0.717, 1.165) is 42.8 Å². The van der Waals surface area contributed by atoms with Crippen LogP contribution in [0.2, 0.25) is 0 Å². The van der Waals surface area contributed by atoms with Crippen molar-refractivity contribution in [1.29, 1.82) is 0 Å². The van der Waals surface area contributed by atoms with E-state index in [-0.39, 0.29) is 0 Å². The molecule has 0 aliphatic heterocycles. The zero-order chi connectivity index (χ0) is 20.6. The Morgan fingerprint density at radius 3 is 2.31 bits per heavy atom. The summed E-state index contributed by atoms with van der Waals surface area (Å²) < 4.78 is 6.03. The third-order valence-corrected chi connectivity index (χ3v) is 5.05. The Morgan fingerprint density at radius 1 is 0.793 bits per heavy atom. The van der Waals surface area contributed by atoms with Crippen LogP contribution in [0.5, 0.6) is 5.75 Å². The minimum absolute atomic E-state index is 0.712. The Bertz CT molecular complexity index is 694. The van der Waals surface area contributed by atoms with Gasteiger partial charge in [-0.2, -0.15) is 0 Å². The average Bonchev–Trinajstić information content (AvgIpc) is 2.76. The molecular weight excluding hydrogens is 356 g/mol. The highest BCUT2D eigenvalue weighted by molar-refractivity contribution is 5.63. The third kappa shape index (κ3) is 9.25. The number of para-hydroxylation sites is 1. The highest BCUT2D eigenvalue weighted by atomic mass is 16.5. The molecule has 0 amide bonds. The van der Waals surface area contributed by atoms with Gasteiger partial charge < -0.3 is 4.74 Å². The van der Waals surface area contributed by atoms with Crippen LogP contribution in [0.3, 0.4) is 0 Å². The number of unbranched alkanes of at least 4 members (excludes halogenated alkanes) is 7. The fourth-order valence-electron chi connectivity index (χ4n) is 3.30. The van der Waals surface area contributed by atoms with E-state index in [2.05, 4.69) is 36.0 Å². The van der Waals surface area contributed by atoms with Crippen LogP contribution in [0, 0.1) is 0 Å². The molecule has 0 bridgehead atoms. The van der Waals surface area contributed by atoms with Gasteiger partial charge in [-0.25, -0.2) is 9.97 Å². The van der Waals surface area contributed by atoms with Crippen LogP contribution in [-0.4, -0.2) is 16.6 Å². The van der Waals surface area contributed by atoms with Crippen molar-refractivity contribution >= 4 is 0 Å². The van der Waals surface area contributed by atoms with Crippen molar-refractivity contribution in [2.45, 2.75) is 84.5 Å². The van der Waals surface area contributed by atoms with Crippen LogP contribution in [0.15, 0.2) is 48.8 Å². The summed E-state index contributed by atoms with van der Waals surface area (Å²) in [5.74, 6) is 1.61. The summed E-state index contributed by atoms with van der Waals surface area (Å²) in [6.07, 6.45) is 21.9. The number of hydrogen-bond donors (Lipinski definition) is 0. The highest BCUT2D eigenvalue weighted by Crippen LogP contribution is 2.27. The number of benzene rings is 1. The second-order valence-corrected chi connectivity index (χ2v) is 7.68. The van der Waals surface area contributed by atoms with Gasteiger partial charge in [0.25, 0.3) is 0 Å². The number of rotatable bonds is 15. The van der Waals surface area contributed by atoms with E-state index >= 15 is 0 Å². The molecule has 0 atom stereocenters. The minimum atomic E-state index is 0.712. The van der Waals surface area contributed by atoms with E-state index in [1.165, 1.54) is 50.5 Å². The van der Waals surface area contributed by atoms with Gasteiger partial charge in [-0.3, -0.25) is 0 Å². The zero-order valence-corrected chi connectivity index (χ0v) is 18.4. The Kier molecular flexibility index (Phi) is 11.8. The zero-order valence-electron chi connectivity index (χ0n) is 18.4. The monoisotopic (exact) mass is 394 g/mol. The Labute approximate surface area is 177 Å². The van der Waals surface area contributed by atoms with Crippen LogP contribution < -0.4 is 4.74 Å². The molecule has 1 aromatic carbocycles. The third-order valence-electron chi connectivity index (χ3n) is 5.05. The lowest BCUT2D eigenvalue weighted by Gasteiger charge is -2.10. The molecule has 3 nitrogen and oxygen atoms in total. The quantitative estimate of drug-likeness (QED) is 0.231. The molecule has 1 aromatic heterocycles. The molecule has 0 unspecified atom stereocenters. The summed E-state index contributed by atoms with van der Waals surface area (Å²) in [5.41, 5.74) is 2.20. The highest BCUT2D eigenvalue weighted by Gasteiger charge is 2.08. The number of allylic oxidation sites excluding steroid dienone is 2. The second kappa shape index (κ2) is 14.8. The van der Waals surface area contributed by atoms with Crippen LogP contribution in [-0.2, 0) is 6.42 Å². The molecule has 29 heavy (non-hydrogen) atoms. The largest absolute Gasteiger partial charge is 0.493 e. The van der Waals surface area contributed by atoms with Crippen molar-refractivity contribution in [3.05, 3.63) is 54.4 Å². The molecule has 0 aliphatic rings. The fraction of sp³-hybridized carbons (Fsp3) is 0.538. The topological polar surface area (TPSA) is 35.0 Å². The maximum absolute atomic E-state index is 6.03. The van der Waals surface area contributed by atoms with E-state index in [4.69, 9.17) is 4.74 Å². The molecule has 2 rings (SSSR count). The van der Waals surface area contributed by atoms with Crippen molar-refractivity contribution in [3.63, 3.8) is 0 Å². The molecule has 0 saturated heterocycles. The number of nitrogens with zero attached hydrogens (tertiary/aromatic N) is 2. The van der Waals surface area contributed by atoms with Gasteiger partial charge in [0.05, 0.1) is 12.2 Å². The predicted molar refractivity (Wildman–Crippen MR) is 123 cm³/mol. The van der Waals surface area contributed by atoms with Gasteiger partial charge in [0.2, 0.25) is 0 Å². The Balaban J connectivity index is 1.82. The summed E-state index contributed by atoms with van der Waals surface area (Å²) >= 11 is 0. The molecule has 0 radical (unpaired) electrons. The van der Waals surface area contributed by atoms with Crippen LogP contribution in [0.4, 0.5) is 0 Å². The molecule has 0 N–H and O–H groups in total. The van der Waals surface area contributed by atoms with Crippen molar-refractivity contribution < 1.29 is 4.74 Å². The lowest BCUT2D eigenvalue weighted by molar-refractivity contribution is 0.313. The molecule has 0 spiro atoms. The minimum Gasteiger partial charge on any atom is -0.493 e. The van der Waals surface area contributed by atoms with Gasteiger partial charge >= 0.3 is 0 Å². The molecule has 0 saturated carbocycles. The van der Waals surface area contributed by atoms with Gasteiger partial charge in [0.15, 0.2) is 5.82 Å². The maximum Gasteiger partial charge on any atom is 0.162 e. The molecule has 1 heterocycles. The summed E-state index contributed by atoms with van der Waals surface area (Å²) in [6, 6.07) is 8.07. The number of aryl methyl sites for hydroxylation is 1. The van der Waals surface area contributed by atoms with Gasteiger partial charge in [0, 0.05) is 12.4 Å². The fourth-order valence-corrected chi connectivity index (χ4v) is 3.30. The first-order valence-corrected chi connectivity index (χ1v) is 11.5. The molecule has 3 heteroatoms. The molecular formula is C26H38N2O. The van der Waals surface area contributed by atoms with Crippen LogP contribution >= 0.6 is 0 Å². The van der Waals surface area contributed by atoms with Gasteiger partial charge in [-0.15, -0.1) is 0 Å². The average molecular weight is 395 g/mol. The Morgan fingerprint density at radius 2 is 1.52 bits per heavy atom. The van der Waals surface area contributed by atoms with Gasteiger partial charge in [0.1, 0.15) is 5.75 Å². The second-order valence-electron chi connectivity index (χ2n) is 7.68. The first kappa shape index (κ1) is 23.1. The predicted octanol–water partition coefficient (Wildman–Crippen LogP) is 7.56. The summed E-state index contributed by atoms with van der Waals surface area (Å²) in [5, 5.41) is 0. The maximum atomic E-state index is 6.03. The Hall–Kier alpha value is -2.16. The van der Waals surface area contributed by atoms with E-state index < -0.39 is 0 Å². The van der Waals surface area contributed by atoms with E-state index in [9.17, 15) is 0 Å².